The molecule has 6 heteroatoms. The van der Waals surface area contributed by atoms with Gasteiger partial charge in [-0.15, -0.1) is 11.3 Å². The van der Waals surface area contributed by atoms with Crippen LogP contribution in [-0.4, -0.2) is 46.8 Å². The Kier molecular flexibility index (Phi) is 4.96. The first-order valence-corrected chi connectivity index (χ1v) is 10.5. The van der Waals surface area contributed by atoms with Crippen molar-refractivity contribution in [1.82, 2.24) is 9.80 Å². The molecular weight excluding hydrogens is 340 g/mol. The van der Waals surface area contributed by atoms with E-state index >= 15 is 0 Å². The lowest BCUT2D eigenvalue weighted by Gasteiger charge is -2.26. The van der Waals surface area contributed by atoms with Gasteiger partial charge in [-0.2, -0.15) is 11.8 Å². The zero-order valence-electron chi connectivity index (χ0n) is 13.6. The van der Waals surface area contributed by atoms with E-state index in [-0.39, 0.29) is 5.91 Å². The molecule has 0 N–H and O–H groups in total. The summed E-state index contributed by atoms with van der Waals surface area (Å²) < 4.78 is 5.19. The molecule has 1 unspecified atom stereocenters. The number of hydrogen-bond acceptors (Lipinski definition) is 5. The van der Waals surface area contributed by atoms with Crippen molar-refractivity contribution < 1.29 is 9.21 Å². The molecule has 4 heterocycles. The molecule has 2 aliphatic heterocycles. The fourth-order valence-corrected chi connectivity index (χ4v) is 5.57. The fraction of sp³-hybridized carbons (Fsp3) is 0.500. The van der Waals surface area contributed by atoms with Gasteiger partial charge in [-0.05, 0) is 37.6 Å². The van der Waals surface area contributed by atoms with E-state index in [1.165, 1.54) is 23.3 Å². The molecular formula is C18H22N2O2S2. The summed E-state index contributed by atoms with van der Waals surface area (Å²) >= 11 is 3.62. The molecule has 0 radical (unpaired) electrons. The third kappa shape index (κ3) is 3.41. The van der Waals surface area contributed by atoms with Gasteiger partial charge in [0.25, 0.3) is 5.91 Å². The lowest BCUT2D eigenvalue weighted by atomic mass is 10.2. The number of hydrogen-bond donors (Lipinski definition) is 0. The monoisotopic (exact) mass is 362 g/mol. The quantitative estimate of drug-likeness (QED) is 0.827. The number of likely N-dealkylation sites (tertiary alicyclic amines) is 1. The summed E-state index contributed by atoms with van der Waals surface area (Å²) in [7, 11) is 0. The molecule has 0 aliphatic carbocycles. The Morgan fingerprint density at radius 2 is 2.08 bits per heavy atom. The zero-order chi connectivity index (χ0) is 16.4. The van der Waals surface area contributed by atoms with Crippen LogP contribution in [-0.2, 0) is 6.54 Å². The number of thiophene rings is 1. The van der Waals surface area contributed by atoms with Gasteiger partial charge in [-0.1, -0.05) is 0 Å². The van der Waals surface area contributed by atoms with E-state index in [0.717, 1.165) is 42.6 Å². The van der Waals surface area contributed by atoms with Crippen molar-refractivity contribution in [2.75, 3.05) is 31.1 Å². The lowest BCUT2D eigenvalue weighted by molar-refractivity contribution is 0.0777. The van der Waals surface area contributed by atoms with E-state index in [1.54, 1.807) is 17.6 Å². The Balaban J connectivity index is 1.46. The van der Waals surface area contributed by atoms with E-state index < -0.39 is 0 Å². The highest BCUT2D eigenvalue weighted by Crippen LogP contribution is 2.37. The van der Waals surface area contributed by atoms with Gasteiger partial charge in [-0.25, -0.2) is 0 Å². The highest BCUT2D eigenvalue weighted by Gasteiger charge is 2.29. The number of nitrogens with zero attached hydrogens (tertiary/aromatic N) is 2. The predicted octanol–water partition coefficient (Wildman–Crippen LogP) is 3.87. The summed E-state index contributed by atoms with van der Waals surface area (Å²) in [6, 6.07) is 6.66. The van der Waals surface area contributed by atoms with Gasteiger partial charge in [0.05, 0.1) is 17.4 Å². The van der Waals surface area contributed by atoms with Gasteiger partial charge in [0, 0.05) is 47.6 Å². The second-order valence-electron chi connectivity index (χ2n) is 6.37. The van der Waals surface area contributed by atoms with Crippen molar-refractivity contribution in [2.45, 2.75) is 25.4 Å². The Labute approximate surface area is 150 Å². The number of furan rings is 1. The van der Waals surface area contributed by atoms with Crippen LogP contribution in [0.5, 0.6) is 0 Å². The summed E-state index contributed by atoms with van der Waals surface area (Å²) in [6.07, 6.45) is 5.95. The number of carbonyl (C=O) groups excluding carboxylic acids is 1. The van der Waals surface area contributed by atoms with Crippen molar-refractivity contribution in [3.8, 4) is 0 Å². The molecule has 4 nitrogen and oxygen atoms in total. The summed E-state index contributed by atoms with van der Waals surface area (Å²) in [5.41, 5.74) is 1.22. The van der Waals surface area contributed by atoms with Crippen molar-refractivity contribution in [3.63, 3.8) is 0 Å². The van der Waals surface area contributed by atoms with Crippen molar-refractivity contribution in [3.05, 3.63) is 46.0 Å². The van der Waals surface area contributed by atoms with Crippen LogP contribution in [0.4, 0.5) is 0 Å². The van der Waals surface area contributed by atoms with Crippen LogP contribution in [0, 0.1) is 0 Å². The van der Waals surface area contributed by atoms with E-state index in [0.29, 0.717) is 6.04 Å². The normalized spacial score (nSPS) is 22.2. The van der Waals surface area contributed by atoms with Crippen LogP contribution < -0.4 is 0 Å². The van der Waals surface area contributed by atoms with Crippen LogP contribution in [0.1, 0.15) is 39.0 Å². The minimum Gasteiger partial charge on any atom is -0.472 e. The first-order valence-electron chi connectivity index (χ1n) is 8.53. The van der Waals surface area contributed by atoms with Crippen molar-refractivity contribution in [2.24, 2.45) is 0 Å². The average Bonchev–Trinajstić information content (AvgIpc) is 3.37. The molecule has 2 fully saturated rings. The van der Waals surface area contributed by atoms with Gasteiger partial charge in [0.1, 0.15) is 0 Å². The molecule has 1 atom stereocenters. The first-order chi connectivity index (χ1) is 11.8. The third-order valence-electron chi connectivity index (χ3n) is 4.79. The average molecular weight is 363 g/mol. The Bertz CT molecular complexity index is 677. The predicted molar refractivity (Wildman–Crippen MR) is 98.6 cm³/mol. The molecule has 0 saturated carbocycles. The largest absolute Gasteiger partial charge is 0.472 e. The first kappa shape index (κ1) is 16.2. The maximum absolute atomic E-state index is 12.7. The van der Waals surface area contributed by atoms with Gasteiger partial charge >= 0.3 is 0 Å². The van der Waals surface area contributed by atoms with Gasteiger partial charge in [0.2, 0.25) is 0 Å². The second-order valence-corrected chi connectivity index (χ2v) is 8.71. The standard InChI is InChI=1S/C18H22N2O2S2/c21-18(19-7-10-23-11-8-19)17-4-3-16(24-17)15-2-1-6-20(15)12-14-5-9-22-13-14/h3-5,9,13,15H,1-2,6-8,10-12H2. The van der Waals surface area contributed by atoms with Gasteiger partial charge in [-0.3, -0.25) is 9.69 Å². The molecule has 0 aromatic carbocycles. The minimum atomic E-state index is 0.214. The SMILES string of the molecule is O=C(c1ccc(C2CCCN2Cc2ccoc2)s1)N1CCSCC1. The lowest BCUT2D eigenvalue weighted by Crippen LogP contribution is -2.37. The smallest absolute Gasteiger partial charge is 0.263 e. The van der Waals surface area contributed by atoms with Gasteiger partial charge in [0.15, 0.2) is 0 Å². The number of amides is 1. The fourth-order valence-electron chi connectivity index (χ4n) is 3.52. The minimum absolute atomic E-state index is 0.214. The summed E-state index contributed by atoms with van der Waals surface area (Å²) in [6.45, 7) is 3.80. The Morgan fingerprint density at radius 1 is 1.21 bits per heavy atom. The van der Waals surface area contributed by atoms with Gasteiger partial charge < -0.3 is 9.32 Å². The zero-order valence-corrected chi connectivity index (χ0v) is 15.3. The molecule has 128 valence electrons. The van der Waals surface area contributed by atoms with Crippen LogP contribution >= 0.6 is 23.1 Å². The van der Waals surface area contributed by atoms with Crippen LogP contribution in [0.2, 0.25) is 0 Å². The summed E-state index contributed by atoms with van der Waals surface area (Å²) in [5.74, 6) is 2.34. The molecule has 2 aromatic heterocycles. The summed E-state index contributed by atoms with van der Waals surface area (Å²) in [4.78, 5) is 19.4. The van der Waals surface area contributed by atoms with Crippen LogP contribution in [0.15, 0.2) is 35.1 Å². The highest BCUT2D eigenvalue weighted by molar-refractivity contribution is 7.99. The maximum Gasteiger partial charge on any atom is 0.263 e. The van der Waals surface area contributed by atoms with Crippen molar-refractivity contribution in [1.29, 1.82) is 0 Å². The van der Waals surface area contributed by atoms with Crippen LogP contribution in [0.25, 0.3) is 0 Å². The van der Waals surface area contributed by atoms with E-state index in [4.69, 9.17) is 4.42 Å². The molecule has 1 amide bonds. The van der Waals surface area contributed by atoms with E-state index in [1.807, 2.05) is 35.1 Å². The molecule has 0 bridgehead atoms. The number of carbonyl (C=O) groups is 1. The molecule has 24 heavy (non-hydrogen) atoms. The molecule has 2 aliphatic rings. The topological polar surface area (TPSA) is 36.7 Å². The third-order valence-corrected chi connectivity index (χ3v) is 6.91. The molecule has 2 aromatic rings. The van der Waals surface area contributed by atoms with Crippen molar-refractivity contribution >= 4 is 29.0 Å². The van der Waals surface area contributed by atoms with E-state index in [2.05, 4.69) is 11.0 Å². The summed E-state index contributed by atoms with van der Waals surface area (Å²) in [5, 5.41) is 0. The number of rotatable bonds is 4. The highest BCUT2D eigenvalue weighted by atomic mass is 32.2. The molecule has 2 saturated heterocycles. The molecule has 4 rings (SSSR count). The van der Waals surface area contributed by atoms with Crippen LogP contribution in [0.3, 0.4) is 0 Å². The maximum atomic E-state index is 12.7. The Morgan fingerprint density at radius 3 is 2.88 bits per heavy atom. The Hall–Kier alpha value is -1.24. The van der Waals surface area contributed by atoms with E-state index in [9.17, 15) is 4.79 Å². The second kappa shape index (κ2) is 7.33. The molecule has 0 spiro atoms. The number of thioether (sulfide) groups is 1.